The SMILES string of the molecule is [CH2]COCCOC[C](OOC(=O)c1ccc([Si](C=C)(C=C)CC)cc1)OOC(=O)c1ccc([Si](C=C)(C=C)CC)cc1. The number of benzene rings is 2. The Labute approximate surface area is 251 Å². The van der Waals surface area contributed by atoms with Gasteiger partial charge in [-0.15, -0.1) is 36.1 Å². The molecule has 2 aromatic rings. The molecule has 2 aromatic carbocycles. The van der Waals surface area contributed by atoms with E-state index >= 15 is 0 Å². The Bertz CT molecular complexity index is 1090. The monoisotopic (exact) mass is 608 g/mol. The molecule has 0 amide bonds. The van der Waals surface area contributed by atoms with E-state index in [4.69, 9.17) is 29.0 Å². The van der Waals surface area contributed by atoms with E-state index in [2.05, 4.69) is 47.1 Å². The lowest BCUT2D eigenvalue weighted by Crippen LogP contribution is -2.43. The molecule has 0 aliphatic heterocycles. The quantitative estimate of drug-likeness (QED) is 0.0880. The lowest BCUT2D eigenvalue weighted by atomic mass is 10.2. The van der Waals surface area contributed by atoms with Crippen molar-refractivity contribution in [2.75, 3.05) is 26.4 Å². The highest BCUT2D eigenvalue weighted by Crippen LogP contribution is 2.16. The van der Waals surface area contributed by atoms with E-state index in [0.717, 1.165) is 22.5 Å². The van der Waals surface area contributed by atoms with Crippen molar-refractivity contribution in [3.63, 3.8) is 0 Å². The zero-order chi connectivity index (χ0) is 31.0. The molecule has 2 rings (SSSR count). The summed E-state index contributed by atoms with van der Waals surface area (Å²) in [6.07, 6.45) is -0.397. The third-order valence-corrected chi connectivity index (χ3v) is 15.2. The molecule has 0 unspecified atom stereocenters. The second-order valence-corrected chi connectivity index (χ2v) is 17.6. The van der Waals surface area contributed by atoms with Crippen LogP contribution in [-0.4, -0.2) is 54.5 Å². The van der Waals surface area contributed by atoms with Gasteiger partial charge < -0.3 is 9.47 Å². The number of carbonyl (C=O) groups is 2. The van der Waals surface area contributed by atoms with Gasteiger partial charge >= 0.3 is 18.2 Å². The van der Waals surface area contributed by atoms with Gasteiger partial charge in [0.15, 0.2) is 0 Å². The minimum absolute atomic E-state index is 0.169. The second kappa shape index (κ2) is 17.5. The van der Waals surface area contributed by atoms with Gasteiger partial charge in [0, 0.05) is 6.61 Å². The predicted molar refractivity (Wildman–Crippen MR) is 169 cm³/mol. The third kappa shape index (κ3) is 9.05. The molecular weight excluding hydrogens is 569 g/mol. The van der Waals surface area contributed by atoms with Crippen LogP contribution in [0.1, 0.15) is 34.6 Å². The molecule has 0 saturated carbocycles. The fourth-order valence-electron chi connectivity index (χ4n) is 4.16. The van der Waals surface area contributed by atoms with Crippen LogP contribution in [0.2, 0.25) is 12.1 Å². The van der Waals surface area contributed by atoms with Crippen molar-refractivity contribution in [2.24, 2.45) is 0 Å². The van der Waals surface area contributed by atoms with E-state index in [1.54, 1.807) is 24.3 Å². The Morgan fingerprint density at radius 1 is 0.643 bits per heavy atom. The van der Waals surface area contributed by atoms with E-state index in [-0.39, 0.29) is 37.6 Å². The highest BCUT2D eigenvalue weighted by molar-refractivity contribution is 7.00. The summed E-state index contributed by atoms with van der Waals surface area (Å²) in [6, 6.07) is 15.8. The topological polar surface area (TPSA) is 89.5 Å². The van der Waals surface area contributed by atoms with E-state index < -0.39 is 34.4 Å². The summed E-state index contributed by atoms with van der Waals surface area (Å²) in [5, 5.41) is 2.13. The first-order valence-corrected chi connectivity index (χ1v) is 18.3. The Morgan fingerprint density at radius 3 is 1.36 bits per heavy atom. The molecule has 8 nitrogen and oxygen atoms in total. The van der Waals surface area contributed by atoms with Crippen LogP contribution in [0.4, 0.5) is 0 Å². The van der Waals surface area contributed by atoms with Gasteiger partial charge in [-0.1, -0.05) is 71.3 Å². The summed E-state index contributed by atoms with van der Waals surface area (Å²) in [7, 11) is -4.09. The zero-order valence-corrected chi connectivity index (χ0v) is 26.5. The van der Waals surface area contributed by atoms with Gasteiger partial charge in [0.05, 0.1) is 24.3 Å². The number of hydrogen-bond donors (Lipinski definition) is 0. The Kier molecular flexibility index (Phi) is 14.5. The van der Waals surface area contributed by atoms with Crippen LogP contribution in [0.3, 0.4) is 0 Å². The summed E-state index contributed by atoms with van der Waals surface area (Å²) < 4.78 is 10.5. The lowest BCUT2D eigenvalue weighted by molar-refractivity contribution is -0.368. The molecular formula is C32H40O8Si2. The minimum atomic E-state index is -2.05. The molecule has 0 N–H and O–H groups in total. The van der Waals surface area contributed by atoms with Crippen molar-refractivity contribution >= 4 is 38.5 Å². The number of carbonyl (C=O) groups excluding carboxylic acids is 2. The smallest absolute Gasteiger partial charge is 0.373 e. The van der Waals surface area contributed by atoms with Crippen molar-refractivity contribution in [2.45, 2.75) is 25.9 Å². The fourth-order valence-corrected chi connectivity index (χ4v) is 8.98. The Morgan fingerprint density at radius 2 is 1.02 bits per heavy atom. The molecule has 0 aliphatic rings. The summed E-state index contributed by atoms with van der Waals surface area (Å²) in [6.45, 7) is 24.0. The van der Waals surface area contributed by atoms with Crippen LogP contribution in [0.25, 0.3) is 0 Å². The van der Waals surface area contributed by atoms with Gasteiger partial charge in [0.1, 0.15) is 22.8 Å². The van der Waals surface area contributed by atoms with E-state index in [1.807, 2.05) is 47.1 Å². The van der Waals surface area contributed by atoms with E-state index in [0.29, 0.717) is 0 Å². The summed E-state index contributed by atoms with van der Waals surface area (Å²) in [4.78, 5) is 45.3. The summed E-state index contributed by atoms with van der Waals surface area (Å²) in [5.74, 6) is -1.56. The standard InChI is InChI=1S/C32H40O8Si2/c1-8-35-23-24-36-25-30(37-39-31(33)26-15-19-28(20-16-26)41(9-2,10-3)11-4)38-40-32(34)27-17-21-29(22-18-27)42(12-5,13-6)14-7/h9-10,12-13,15-22H,1-3,5-6,8,11,14,23-25H2,4,7H3. The maximum Gasteiger partial charge on any atom is 0.373 e. The van der Waals surface area contributed by atoms with Crippen LogP contribution < -0.4 is 10.4 Å². The minimum Gasteiger partial charge on any atom is -0.379 e. The average molecular weight is 609 g/mol. The summed E-state index contributed by atoms with van der Waals surface area (Å²) >= 11 is 0. The fraction of sp³-hybridized carbons (Fsp3) is 0.250. The molecule has 2 radical (unpaired) electrons. The van der Waals surface area contributed by atoms with Gasteiger partial charge in [0.2, 0.25) is 0 Å². The largest absolute Gasteiger partial charge is 0.379 e. The second-order valence-electron chi connectivity index (χ2n) is 9.20. The molecule has 0 bridgehead atoms. The van der Waals surface area contributed by atoms with Gasteiger partial charge in [-0.2, -0.15) is 0 Å². The van der Waals surface area contributed by atoms with Crippen molar-refractivity contribution in [3.8, 4) is 0 Å². The van der Waals surface area contributed by atoms with Crippen LogP contribution >= 0.6 is 0 Å². The molecule has 42 heavy (non-hydrogen) atoms. The first-order valence-electron chi connectivity index (χ1n) is 13.6. The van der Waals surface area contributed by atoms with Crippen LogP contribution in [0.15, 0.2) is 97.6 Å². The van der Waals surface area contributed by atoms with Gasteiger partial charge in [-0.3, -0.25) is 9.78 Å². The van der Waals surface area contributed by atoms with Crippen LogP contribution in [-0.2, 0) is 29.0 Å². The Hall–Kier alpha value is -3.39. The molecule has 0 fully saturated rings. The lowest BCUT2D eigenvalue weighted by Gasteiger charge is -2.23. The van der Waals surface area contributed by atoms with Crippen molar-refractivity contribution in [1.82, 2.24) is 0 Å². The number of hydrogen-bond acceptors (Lipinski definition) is 8. The van der Waals surface area contributed by atoms with Crippen molar-refractivity contribution in [3.05, 3.63) is 122 Å². The van der Waals surface area contributed by atoms with Crippen LogP contribution in [0.5, 0.6) is 0 Å². The van der Waals surface area contributed by atoms with Crippen molar-refractivity contribution in [1.29, 1.82) is 0 Å². The molecule has 0 spiro atoms. The van der Waals surface area contributed by atoms with Crippen LogP contribution in [0, 0.1) is 13.2 Å². The Balaban J connectivity index is 2.05. The maximum absolute atomic E-state index is 12.6. The summed E-state index contributed by atoms with van der Waals surface area (Å²) in [5.41, 5.74) is 8.31. The average Bonchev–Trinajstić information content (AvgIpc) is 3.04. The normalized spacial score (nSPS) is 11.5. The molecule has 0 saturated heterocycles. The van der Waals surface area contributed by atoms with Gasteiger partial charge in [0.25, 0.3) is 0 Å². The molecule has 0 aromatic heterocycles. The zero-order valence-electron chi connectivity index (χ0n) is 24.5. The maximum atomic E-state index is 12.6. The molecule has 10 heteroatoms. The highest BCUT2D eigenvalue weighted by Gasteiger charge is 2.28. The number of ether oxygens (including phenoxy) is 2. The first-order chi connectivity index (χ1) is 20.3. The van der Waals surface area contributed by atoms with E-state index in [1.165, 1.54) is 0 Å². The van der Waals surface area contributed by atoms with Gasteiger partial charge in [-0.25, -0.2) is 9.59 Å². The van der Waals surface area contributed by atoms with E-state index in [9.17, 15) is 9.59 Å². The molecule has 0 heterocycles. The predicted octanol–water partition coefficient (Wildman–Crippen LogP) is 5.17. The molecule has 0 atom stereocenters. The van der Waals surface area contributed by atoms with Gasteiger partial charge in [-0.05, 0) is 43.3 Å². The molecule has 224 valence electrons. The number of rotatable bonds is 20. The third-order valence-electron chi connectivity index (χ3n) is 7.10. The molecule has 0 aliphatic carbocycles. The highest BCUT2D eigenvalue weighted by atomic mass is 28.3. The van der Waals surface area contributed by atoms with Crippen molar-refractivity contribution < 1.29 is 38.6 Å². The first kappa shape index (κ1) is 34.8.